The van der Waals surface area contributed by atoms with E-state index in [-0.39, 0.29) is 18.8 Å². The molecule has 6 nitrogen and oxygen atoms in total. The van der Waals surface area contributed by atoms with Gasteiger partial charge in [0.15, 0.2) is 0 Å². The molecule has 0 aromatic heterocycles. The fraction of sp³-hybridized carbons (Fsp3) is 0.286. The van der Waals surface area contributed by atoms with Crippen LogP contribution in [-0.2, 0) is 28.6 Å². The second-order valence-corrected chi connectivity index (χ2v) is 6.09. The molecule has 1 aliphatic heterocycles. The molecule has 0 aliphatic carbocycles. The molecule has 1 fully saturated rings. The molecule has 2 aromatic rings. The summed E-state index contributed by atoms with van der Waals surface area (Å²) in [5, 5.41) is 1.67. The van der Waals surface area contributed by atoms with Crippen LogP contribution in [0.25, 0.3) is 10.8 Å². The van der Waals surface area contributed by atoms with Crippen LogP contribution in [0, 0.1) is 0 Å². The van der Waals surface area contributed by atoms with Gasteiger partial charge < -0.3 is 14.2 Å². The van der Waals surface area contributed by atoms with Crippen molar-refractivity contribution in [1.82, 2.24) is 0 Å². The third-order valence-electron chi connectivity index (χ3n) is 4.56. The molecule has 27 heavy (non-hydrogen) atoms. The maximum absolute atomic E-state index is 12.9. The molecule has 0 N–H and O–H groups in total. The third-order valence-corrected chi connectivity index (χ3v) is 4.56. The lowest BCUT2D eigenvalue weighted by atomic mass is 9.77. The molecule has 6 heteroatoms. The molecule has 0 spiro atoms. The molecule has 3 rings (SSSR count). The van der Waals surface area contributed by atoms with E-state index in [1.807, 2.05) is 30.3 Å². The summed E-state index contributed by atoms with van der Waals surface area (Å²) >= 11 is 0. The quantitative estimate of drug-likeness (QED) is 0.349. The number of esters is 3. The van der Waals surface area contributed by atoms with E-state index in [1.54, 1.807) is 26.0 Å². The summed E-state index contributed by atoms with van der Waals surface area (Å²) in [6.07, 6.45) is 0. The first-order valence-corrected chi connectivity index (χ1v) is 8.71. The Morgan fingerprint density at radius 3 is 2.26 bits per heavy atom. The van der Waals surface area contributed by atoms with Crippen LogP contribution in [0.2, 0.25) is 0 Å². The van der Waals surface area contributed by atoms with Gasteiger partial charge in [0, 0.05) is 5.57 Å². The van der Waals surface area contributed by atoms with Gasteiger partial charge in [-0.15, -0.1) is 0 Å². The zero-order valence-electron chi connectivity index (χ0n) is 15.2. The van der Waals surface area contributed by atoms with Gasteiger partial charge in [-0.2, -0.15) is 0 Å². The Morgan fingerprint density at radius 1 is 1.04 bits per heavy atom. The predicted octanol–water partition coefficient (Wildman–Crippen LogP) is 2.90. The Hall–Kier alpha value is -3.15. The summed E-state index contributed by atoms with van der Waals surface area (Å²) in [6.45, 7) is 7.04. The first kappa shape index (κ1) is 18.6. The highest BCUT2D eigenvalue weighted by atomic mass is 16.6. The highest BCUT2D eigenvalue weighted by molar-refractivity contribution is 6.13. The van der Waals surface area contributed by atoms with Gasteiger partial charge in [0.1, 0.15) is 0 Å². The summed E-state index contributed by atoms with van der Waals surface area (Å²) in [5.41, 5.74) is -1.66. The summed E-state index contributed by atoms with van der Waals surface area (Å²) in [5.74, 6) is -3.80. The predicted molar refractivity (Wildman–Crippen MR) is 97.9 cm³/mol. The molecule has 2 aromatic carbocycles. The molecule has 1 aliphatic rings. The van der Waals surface area contributed by atoms with Gasteiger partial charge in [-0.05, 0) is 30.2 Å². The summed E-state index contributed by atoms with van der Waals surface area (Å²) < 4.78 is 15.5. The number of hydrogen-bond acceptors (Lipinski definition) is 6. The average Bonchev–Trinajstić information content (AvgIpc) is 2.94. The third kappa shape index (κ3) is 2.87. The van der Waals surface area contributed by atoms with Gasteiger partial charge in [0.2, 0.25) is 0 Å². The topological polar surface area (TPSA) is 78.9 Å². The Kier molecular flexibility index (Phi) is 4.99. The number of cyclic esters (lactones) is 1. The van der Waals surface area contributed by atoms with Gasteiger partial charge in [-0.3, -0.25) is 0 Å². The number of rotatable bonds is 5. The smallest absolute Gasteiger partial charge is 0.363 e. The van der Waals surface area contributed by atoms with Crippen molar-refractivity contribution in [3.05, 3.63) is 60.2 Å². The summed E-state index contributed by atoms with van der Waals surface area (Å²) in [7, 11) is 0. The van der Waals surface area contributed by atoms with Crippen LogP contribution in [0.15, 0.2) is 54.6 Å². The van der Waals surface area contributed by atoms with Gasteiger partial charge in [0.25, 0.3) is 0 Å². The van der Waals surface area contributed by atoms with E-state index in [2.05, 4.69) is 6.58 Å². The molecule has 0 amide bonds. The molecule has 1 saturated heterocycles. The molecule has 1 atom stereocenters. The lowest BCUT2D eigenvalue weighted by molar-refractivity contribution is -0.190. The molecule has 1 heterocycles. The zero-order chi connectivity index (χ0) is 19.6. The van der Waals surface area contributed by atoms with Crippen LogP contribution in [0.3, 0.4) is 0 Å². The van der Waals surface area contributed by atoms with Crippen LogP contribution in [0.5, 0.6) is 0 Å². The second kappa shape index (κ2) is 7.23. The van der Waals surface area contributed by atoms with Gasteiger partial charge >= 0.3 is 23.5 Å². The number of hydrogen-bond donors (Lipinski definition) is 0. The van der Waals surface area contributed by atoms with Gasteiger partial charge in [-0.1, -0.05) is 49.0 Å². The average molecular weight is 368 g/mol. The number of carbonyl (C=O) groups is 3. The number of benzene rings is 2. The van der Waals surface area contributed by atoms with Crippen molar-refractivity contribution < 1.29 is 28.6 Å². The first-order valence-electron chi connectivity index (χ1n) is 8.71. The Labute approximate surface area is 156 Å². The number of fused-ring (bicyclic) bond motifs is 1. The van der Waals surface area contributed by atoms with Gasteiger partial charge in [-0.25, -0.2) is 14.4 Å². The minimum atomic E-state index is -2.25. The van der Waals surface area contributed by atoms with Crippen LogP contribution in [-0.4, -0.2) is 36.7 Å². The molecule has 140 valence electrons. The highest BCUT2D eigenvalue weighted by Gasteiger charge is 2.65. The van der Waals surface area contributed by atoms with Crippen LogP contribution < -0.4 is 0 Å². The summed E-state index contributed by atoms with van der Waals surface area (Å²) in [4.78, 5) is 38.1. The lowest BCUT2D eigenvalue weighted by Gasteiger charge is -2.29. The molecule has 0 bridgehead atoms. The van der Waals surface area contributed by atoms with Crippen molar-refractivity contribution in [3.63, 3.8) is 0 Å². The minimum Gasteiger partial charge on any atom is -0.463 e. The van der Waals surface area contributed by atoms with Crippen molar-refractivity contribution in [3.8, 4) is 0 Å². The Balaban J connectivity index is 2.28. The molecular formula is C21H20O6. The maximum Gasteiger partial charge on any atom is 0.363 e. The van der Waals surface area contributed by atoms with E-state index >= 15 is 0 Å². The van der Waals surface area contributed by atoms with Crippen molar-refractivity contribution in [2.24, 2.45) is 0 Å². The second-order valence-electron chi connectivity index (χ2n) is 6.09. The molecule has 0 radical (unpaired) electrons. The lowest BCUT2D eigenvalue weighted by Crippen LogP contribution is -2.52. The van der Waals surface area contributed by atoms with E-state index in [4.69, 9.17) is 14.2 Å². The summed E-state index contributed by atoms with van der Waals surface area (Å²) in [6, 6.07) is 12.9. The van der Waals surface area contributed by atoms with Crippen molar-refractivity contribution in [2.75, 3.05) is 13.2 Å². The minimum absolute atomic E-state index is 0.00691. The monoisotopic (exact) mass is 368 g/mol. The van der Waals surface area contributed by atoms with E-state index in [1.165, 1.54) is 0 Å². The number of carbonyl (C=O) groups excluding carboxylic acids is 3. The van der Waals surface area contributed by atoms with Crippen LogP contribution in [0.1, 0.15) is 25.3 Å². The van der Waals surface area contributed by atoms with Crippen LogP contribution >= 0.6 is 0 Å². The Bertz CT molecular complexity index is 906. The highest BCUT2D eigenvalue weighted by Crippen LogP contribution is 2.47. The Morgan fingerprint density at radius 2 is 1.63 bits per heavy atom. The van der Waals surface area contributed by atoms with Crippen molar-refractivity contribution in [1.29, 1.82) is 0 Å². The van der Waals surface area contributed by atoms with E-state index in [9.17, 15) is 14.4 Å². The van der Waals surface area contributed by atoms with Crippen molar-refractivity contribution in [2.45, 2.75) is 25.4 Å². The molecular weight excluding hydrogens is 348 g/mol. The zero-order valence-corrected chi connectivity index (χ0v) is 15.2. The first-order chi connectivity index (χ1) is 13.0. The van der Waals surface area contributed by atoms with E-state index < -0.39 is 29.4 Å². The van der Waals surface area contributed by atoms with E-state index in [0.29, 0.717) is 5.56 Å². The number of ether oxygens (including phenoxy) is 3. The normalized spacial score (nSPS) is 18.2. The maximum atomic E-state index is 12.9. The van der Waals surface area contributed by atoms with Gasteiger partial charge in [0.05, 0.1) is 19.1 Å². The standard InChI is InChI=1S/C21H20O6/c1-4-25-19(23)21(20(24)26-5-2)17(13(3)18(22)27-21)16-12-8-10-14-9-6-7-11-15(14)16/h6-12,17H,3-5H2,1-2H3/t17-/m0/s1. The van der Waals surface area contributed by atoms with E-state index in [0.717, 1.165) is 10.8 Å². The fourth-order valence-corrected chi connectivity index (χ4v) is 3.42. The molecule has 0 unspecified atom stereocenters. The van der Waals surface area contributed by atoms with Crippen molar-refractivity contribution >= 4 is 28.7 Å². The molecule has 0 saturated carbocycles. The fourth-order valence-electron chi connectivity index (χ4n) is 3.42. The SMILES string of the molecule is C=C1C(=O)OC(C(=O)OCC)(C(=O)OCC)[C@@H]1c1cccc2ccccc12. The largest absolute Gasteiger partial charge is 0.463 e. The van der Waals surface area contributed by atoms with Crippen LogP contribution in [0.4, 0.5) is 0 Å².